The van der Waals surface area contributed by atoms with Crippen molar-refractivity contribution in [1.82, 2.24) is 4.37 Å². The van der Waals surface area contributed by atoms with Crippen molar-refractivity contribution < 1.29 is 0 Å². The van der Waals surface area contributed by atoms with Crippen LogP contribution in [-0.4, -0.2) is 4.37 Å². The third-order valence-electron chi connectivity index (χ3n) is 2.53. The number of anilines is 2. The van der Waals surface area contributed by atoms with E-state index in [-0.39, 0.29) is 11.9 Å². The molecule has 0 fully saturated rings. The smallest absolute Gasteiger partial charge is 0.157 e. The number of hydrogen-bond donors (Lipinski definition) is 2. The number of nitrogens with zero attached hydrogens (tertiary/aromatic N) is 2. The SMILES string of the molecule is CC(Nc1snc(N)c1C#N)c1cccc(Cl)c1. The fourth-order valence-corrected chi connectivity index (χ4v) is 2.52. The van der Waals surface area contributed by atoms with Crippen LogP contribution in [0.2, 0.25) is 5.02 Å². The second-order valence-electron chi connectivity index (χ2n) is 3.80. The van der Waals surface area contributed by atoms with E-state index in [4.69, 9.17) is 22.6 Å². The first kappa shape index (κ1) is 12.7. The van der Waals surface area contributed by atoms with E-state index in [9.17, 15) is 0 Å². The Morgan fingerprint density at radius 1 is 1.56 bits per heavy atom. The molecule has 0 saturated heterocycles. The molecular formula is C12H11ClN4S. The number of nitriles is 1. The number of rotatable bonds is 3. The van der Waals surface area contributed by atoms with Crippen LogP contribution in [-0.2, 0) is 0 Å². The predicted octanol–water partition coefficient (Wildman–Crippen LogP) is 3.42. The summed E-state index contributed by atoms with van der Waals surface area (Å²) >= 11 is 7.13. The lowest BCUT2D eigenvalue weighted by Gasteiger charge is -2.14. The molecule has 3 N–H and O–H groups in total. The Kier molecular flexibility index (Phi) is 3.70. The first-order chi connectivity index (χ1) is 8.61. The van der Waals surface area contributed by atoms with Crippen molar-refractivity contribution in [3.8, 4) is 6.07 Å². The molecule has 1 aromatic heterocycles. The van der Waals surface area contributed by atoms with Crippen LogP contribution >= 0.6 is 23.1 Å². The lowest BCUT2D eigenvalue weighted by Crippen LogP contribution is -2.06. The Labute approximate surface area is 114 Å². The minimum atomic E-state index is 0.0237. The van der Waals surface area contributed by atoms with Gasteiger partial charge in [0.25, 0.3) is 0 Å². The van der Waals surface area contributed by atoms with Gasteiger partial charge in [0.2, 0.25) is 0 Å². The highest BCUT2D eigenvalue weighted by molar-refractivity contribution is 7.10. The normalized spacial score (nSPS) is 11.8. The summed E-state index contributed by atoms with van der Waals surface area (Å²) in [7, 11) is 0. The van der Waals surface area contributed by atoms with Crippen LogP contribution in [0.1, 0.15) is 24.1 Å². The van der Waals surface area contributed by atoms with E-state index in [0.717, 1.165) is 5.56 Å². The molecule has 0 bridgehead atoms. The van der Waals surface area contributed by atoms with E-state index in [1.54, 1.807) is 0 Å². The molecule has 0 amide bonds. The lowest BCUT2D eigenvalue weighted by molar-refractivity contribution is 0.889. The number of nitrogen functional groups attached to an aromatic ring is 1. The first-order valence-electron chi connectivity index (χ1n) is 5.29. The summed E-state index contributed by atoms with van der Waals surface area (Å²) in [6, 6.07) is 9.64. The van der Waals surface area contributed by atoms with E-state index in [0.29, 0.717) is 15.6 Å². The molecule has 0 aliphatic carbocycles. The van der Waals surface area contributed by atoms with Gasteiger partial charge in [-0.15, -0.1) is 0 Å². The molecule has 1 heterocycles. The molecule has 0 aliphatic rings. The Morgan fingerprint density at radius 3 is 3.00 bits per heavy atom. The van der Waals surface area contributed by atoms with Crippen LogP contribution in [0.25, 0.3) is 0 Å². The van der Waals surface area contributed by atoms with Gasteiger partial charge in [0.05, 0.1) is 0 Å². The van der Waals surface area contributed by atoms with Crippen molar-refractivity contribution in [2.24, 2.45) is 0 Å². The van der Waals surface area contributed by atoms with Crippen molar-refractivity contribution in [1.29, 1.82) is 5.26 Å². The highest BCUT2D eigenvalue weighted by atomic mass is 35.5. The quantitative estimate of drug-likeness (QED) is 0.902. The number of nitrogens with two attached hydrogens (primary N) is 1. The van der Waals surface area contributed by atoms with E-state index in [1.807, 2.05) is 37.3 Å². The summed E-state index contributed by atoms with van der Waals surface area (Å²) in [6.45, 7) is 1.99. The van der Waals surface area contributed by atoms with Gasteiger partial charge in [-0.05, 0) is 36.2 Å². The van der Waals surface area contributed by atoms with E-state index in [2.05, 4.69) is 9.69 Å². The van der Waals surface area contributed by atoms with Gasteiger partial charge in [-0.3, -0.25) is 0 Å². The summed E-state index contributed by atoms with van der Waals surface area (Å²) < 4.78 is 3.96. The molecule has 2 rings (SSSR count). The predicted molar refractivity (Wildman–Crippen MR) is 74.7 cm³/mol. The number of halogens is 1. The zero-order chi connectivity index (χ0) is 13.1. The van der Waals surface area contributed by atoms with Gasteiger partial charge in [-0.25, -0.2) is 0 Å². The van der Waals surface area contributed by atoms with Crippen LogP contribution in [0, 0.1) is 11.3 Å². The van der Waals surface area contributed by atoms with Crippen LogP contribution in [0.15, 0.2) is 24.3 Å². The average Bonchev–Trinajstić information content (AvgIpc) is 2.69. The molecule has 1 atom stereocenters. The molecule has 0 saturated carbocycles. The van der Waals surface area contributed by atoms with Crippen molar-refractivity contribution in [2.75, 3.05) is 11.1 Å². The zero-order valence-corrected chi connectivity index (χ0v) is 11.2. The molecule has 6 heteroatoms. The van der Waals surface area contributed by atoms with Crippen molar-refractivity contribution >= 4 is 34.0 Å². The third kappa shape index (κ3) is 2.55. The number of benzene rings is 1. The fourth-order valence-electron chi connectivity index (χ4n) is 1.56. The van der Waals surface area contributed by atoms with Gasteiger partial charge in [-0.1, -0.05) is 23.7 Å². The Balaban J connectivity index is 2.22. The maximum absolute atomic E-state index is 8.99. The maximum atomic E-state index is 8.99. The van der Waals surface area contributed by atoms with E-state index < -0.39 is 0 Å². The van der Waals surface area contributed by atoms with Crippen LogP contribution in [0.3, 0.4) is 0 Å². The minimum absolute atomic E-state index is 0.0237. The Morgan fingerprint density at radius 2 is 2.33 bits per heavy atom. The molecule has 0 spiro atoms. The molecule has 18 heavy (non-hydrogen) atoms. The van der Waals surface area contributed by atoms with Gasteiger partial charge >= 0.3 is 0 Å². The van der Waals surface area contributed by atoms with Crippen molar-refractivity contribution in [3.63, 3.8) is 0 Å². The molecule has 0 radical (unpaired) electrons. The van der Waals surface area contributed by atoms with Gasteiger partial charge in [0.1, 0.15) is 16.6 Å². The average molecular weight is 279 g/mol. The second kappa shape index (κ2) is 5.25. The van der Waals surface area contributed by atoms with E-state index >= 15 is 0 Å². The van der Waals surface area contributed by atoms with Crippen LogP contribution in [0.4, 0.5) is 10.8 Å². The fraction of sp³-hybridized carbons (Fsp3) is 0.167. The summed E-state index contributed by atoms with van der Waals surface area (Å²) in [5.41, 5.74) is 7.04. The monoisotopic (exact) mass is 278 g/mol. The lowest BCUT2D eigenvalue weighted by atomic mass is 10.1. The summed E-state index contributed by atoms with van der Waals surface area (Å²) in [4.78, 5) is 0. The summed E-state index contributed by atoms with van der Waals surface area (Å²) in [5.74, 6) is 0.267. The largest absolute Gasteiger partial charge is 0.382 e. The summed E-state index contributed by atoms with van der Waals surface area (Å²) in [6.07, 6.45) is 0. The molecule has 4 nitrogen and oxygen atoms in total. The zero-order valence-electron chi connectivity index (χ0n) is 9.64. The minimum Gasteiger partial charge on any atom is -0.382 e. The van der Waals surface area contributed by atoms with Gasteiger partial charge in [-0.2, -0.15) is 9.64 Å². The molecule has 1 aromatic carbocycles. The third-order valence-corrected chi connectivity index (χ3v) is 3.55. The van der Waals surface area contributed by atoms with Crippen LogP contribution < -0.4 is 11.1 Å². The Hall–Kier alpha value is -1.77. The van der Waals surface area contributed by atoms with E-state index in [1.165, 1.54) is 11.5 Å². The Bertz CT molecular complexity index is 602. The number of nitrogens with one attached hydrogen (secondary N) is 1. The standard InChI is InChI=1S/C12H11ClN4S/c1-7(8-3-2-4-9(13)5-8)16-12-10(6-14)11(15)17-18-12/h2-5,7,16H,1H3,(H2,15,17). The second-order valence-corrected chi connectivity index (χ2v) is 5.01. The topological polar surface area (TPSA) is 74.7 Å². The highest BCUT2D eigenvalue weighted by Crippen LogP contribution is 2.29. The van der Waals surface area contributed by atoms with Gasteiger partial charge in [0.15, 0.2) is 5.82 Å². The van der Waals surface area contributed by atoms with Crippen molar-refractivity contribution in [3.05, 3.63) is 40.4 Å². The summed E-state index contributed by atoms with van der Waals surface area (Å²) in [5, 5.41) is 13.6. The molecule has 92 valence electrons. The molecule has 2 aromatic rings. The van der Waals surface area contributed by atoms with Gasteiger partial charge < -0.3 is 11.1 Å². The maximum Gasteiger partial charge on any atom is 0.157 e. The van der Waals surface area contributed by atoms with Gasteiger partial charge in [0, 0.05) is 11.1 Å². The number of aromatic nitrogens is 1. The van der Waals surface area contributed by atoms with Crippen molar-refractivity contribution in [2.45, 2.75) is 13.0 Å². The first-order valence-corrected chi connectivity index (χ1v) is 6.44. The highest BCUT2D eigenvalue weighted by Gasteiger charge is 2.14. The molecular weight excluding hydrogens is 268 g/mol. The number of hydrogen-bond acceptors (Lipinski definition) is 5. The molecule has 1 unspecified atom stereocenters. The molecule has 0 aliphatic heterocycles. The van der Waals surface area contributed by atoms with Crippen LogP contribution in [0.5, 0.6) is 0 Å².